The number of hydrogen-bond donors (Lipinski definition) is 1. The van der Waals surface area contributed by atoms with E-state index in [0.717, 1.165) is 5.56 Å². The summed E-state index contributed by atoms with van der Waals surface area (Å²) in [5.74, 6) is 1.83. The van der Waals surface area contributed by atoms with Crippen LogP contribution in [-0.4, -0.2) is 46.8 Å². The van der Waals surface area contributed by atoms with Crippen LogP contribution in [0.1, 0.15) is 32.6 Å². The molecule has 128 valence electrons. The van der Waals surface area contributed by atoms with E-state index in [2.05, 4.69) is 15.5 Å². The summed E-state index contributed by atoms with van der Waals surface area (Å²) >= 11 is 0. The maximum Gasteiger partial charge on any atom is 0.317 e. The van der Waals surface area contributed by atoms with Gasteiger partial charge in [0.2, 0.25) is 11.7 Å². The van der Waals surface area contributed by atoms with Gasteiger partial charge in [0.15, 0.2) is 0 Å². The molecule has 7 nitrogen and oxygen atoms in total. The Balaban J connectivity index is 1.65. The zero-order valence-corrected chi connectivity index (χ0v) is 14.4. The van der Waals surface area contributed by atoms with Gasteiger partial charge in [-0.15, -0.1) is 0 Å². The number of aromatic nitrogens is 2. The number of rotatable bonds is 3. The van der Waals surface area contributed by atoms with Crippen molar-refractivity contribution >= 4 is 6.03 Å². The molecule has 1 saturated heterocycles. The molecular weight excluding hydrogens is 308 g/mol. The Bertz CT molecular complexity index is 729. The van der Waals surface area contributed by atoms with E-state index in [1.807, 2.05) is 45.0 Å². The van der Waals surface area contributed by atoms with Gasteiger partial charge in [0.1, 0.15) is 5.75 Å². The van der Waals surface area contributed by atoms with Gasteiger partial charge in [-0.05, 0) is 32.9 Å². The summed E-state index contributed by atoms with van der Waals surface area (Å²) in [6.07, 6.45) is 0. The fourth-order valence-corrected chi connectivity index (χ4v) is 2.54. The third kappa shape index (κ3) is 3.34. The second-order valence-electron chi connectivity index (χ2n) is 6.94. The number of amides is 2. The van der Waals surface area contributed by atoms with Crippen molar-refractivity contribution in [2.75, 3.05) is 20.2 Å². The molecule has 7 heteroatoms. The Kier molecular flexibility index (Phi) is 4.17. The highest BCUT2D eigenvalue weighted by Gasteiger charge is 2.36. The summed E-state index contributed by atoms with van der Waals surface area (Å²) in [5.41, 5.74) is 0.542. The number of methoxy groups -OCH3 is 1. The van der Waals surface area contributed by atoms with Crippen molar-refractivity contribution in [3.05, 3.63) is 30.2 Å². The molecule has 0 atom stereocenters. The first kappa shape index (κ1) is 16.3. The fraction of sp³-hybridized carbons (Fsp3) is 0.471. The van der Waals surface area contributed by atoms with E-state index in [0.29, 0.717) is 30.6 Å². The quantitative estimate of drug-likeness (QED) is 0.936. The molecule has 24 heavy (non-hydrogen) atoms. The molecule has 0 aliphatic carbocycles. The minimum absolute atomic E-state index is 0.0665. The number of carbonyl (C=O) groups excluding carboxylic acids is 1. The Morgan fingerprint density at radius 3 is 2.71 bits per heavy atom. The molecule has 0 unspecified atom stereocenters. The number of ether oxygens (including phenoxy) is 1. The maximum atomic E-state index is 12.1. The molecule has 2 amide bonds. The van der Waals surface area contributed by atoms with Crippen LogP contribution < -0.4 is 10.1 Å². The molecule has 1 aromatic heterocycles. The maximum absolute atomic E-state index is 12.1. The van der Waals surface area contributed by atoms with Crippen LogP contribution in [0.2, 0.25) is 0 Å². The third-order valence-corrected chi connectivity index (χ3v) is 3.79. The normalized spacial score (nSPS) is 15.1. The van der Waals surface area contributed by atoms with Crippen LogP contribution in [0.3, 0.4) is 0 Å². The number of nitrogens with one attached hydrogen (secondary N) is 1. The summed E-state index contributed by atoms with van der Waals surface area (Å²) in [6, 6.07) is 7.46. The number of carbonyl (C=O) groups is 1. The zero-order valence-electron chi connectivity index (χ0n) is 14.4. The lowest BCUT2D eigenvalue weighted by Gasteiger charge is -2.38. The second kappa shape index (κ2) is 6.14. The molecule has 2 heterocycles. The van der Waals surface area contributed by atoms with Crippen LogP contribution in [0.15, 0.2) is 28.8 Å². The zero-order chi connectivity index (χ0) is 17.3. The topological polar surface area (TPSA) is 80.5 Å². The summed E-state index contributed by atoms with van der Waals surface area (Å²) in [4.78, 5) is 18.3. The lowest BCUT2D eigenvalue weighted by atomic mass is 10.0. The summed E-state index contributed by atoms with van der Waals surface area (Å²) < 4.78 is 10.7. The number of hydrogen-bond acceptors (Lipinski definition) is 5. The van der Waals surface area contributed by atoms with Crippen LogP contribution in [0.5, 0.6) is 5.75 Å². The molecular formula is C17H22N4O3. The average Bonchev–Trinajstić information content (AvgIpc) is 2.93. The van der Waals surface area contributed by atoms with Crippen LogP contribution in [-0.2, 0) is 0 Å². The minimum Gasteiger partial charge on any atom is -0.496 e. The van der Waals surface area contributed by atoms with E-state index < -0.39 is 0 Å². The second-order valence-corrected chi connectivity index (χ2v) is 6.94. The Labute approximate surface area is 141 Å². The predicted octanol–water partition coefficient (Wildman–Crippen LogP) is 2.65. The first-order valence-corrected chi connectivity index (χ1v) is 7.91. The number of para-hydroxylation sites is 1. The molecule has 1 aliphatic rings. The Morgan fingerprint density at radius 1 is 1.33 bits per heavy atom. The van der Waals surface area contributed by atoms with E-state index in [-0.39, 0.29) is 17.5 Å². The van der Waals surface area contributed by atoms with Crippen LogP contribution >= 0.6 is 0 Å². The minimum atomic E-state index is -0.246. The first-order valence-electron chi connectivity index (χ1n) is 7.91. The molecule has 0 spiro atoms. The molecule has 0 saturated carbocycles. The summed E-state index contributed by atoms with van der Waals surface area (Å²) in [6.45, 7) is 7.03. The van der Waals surface area contributed by atoms with Crippen molar-refractivity contribution in [3.8, 4) is 17.1 Å². The van der Waals surface area contributed by atoms with Crippen molar-refractivity contribution in [1.29, 1.82) is 0 Å². The largest absolute Gasteiger partial charge is 0.496 e. The molecule has 1 aliphatic heterocycles. The number of urea groups is 1. The van der Waals surface area contributed by atoms with Gasteiger partial charge in [-0.25, -0.2) is 4.79 Å². The lowest BCUT2D eigenvalue weighted by molar-refractivity contribution is 0.131. The monoisotopic (exact) mass is 330 g/mol. The lowest BCUT2D eigenvalue weighted by Crippen LogP contribution is -2.56. The van der Waals surface area contributed by atoms with Crippen LogP contribution in [0.25, 0.3) is 11.4 Å². The van der Waals surface area contributed by atoms with E-state index >= 15 is 0 Å². The summed E-state index contributed by atoms with van der Waals surface area (Å²) in [7, 11) is 1.61. The molecule has 1 N–H and O–H groups in total. The van der Waals surface area contributed by atoms with Gasteiger partial charge >= 0.3 is 6.03 Å². The van der Waals surface area contributed by atoms with Crippen molar-refractivity contribution < 1.29 is 14.1 Å². The van der Waals surface area contributed by atoms with Gasteiger partial charge < -0.3 is 19.5 Å². The van der Waals surface area contributed by atoms with Crippen molar-refractivity contribution in [2.45, 2.75) is 32.2 Å². The Morgan fingerprint density at radius 2 is 2.04 bits per heavy atom. The van der Waals surface area contributed by atoms with Crippen molar-refractivity contribution in [3.63, 3.8) is 0 Å². The highest BCUT2D eigenvalue weighted by atomic mass is 16.5. The van der Waals surface area contributed by atoms with Gasteiger partial charge in [0.25, 0.3) is 0 Å². The van der Waals surface area contributed by atoms with Gasteiger partial charge in [-0.2, -0.15) is 4.98 Å². The summed E-state index contributed by atoms with van der Waals surface area (Å²) in [5, 5.41) is 6.99. The molecule has 1 fully saturated rings. The van der Waals surface area contributed by atoms with Gasteiger partial charge in [-0.1, -0.05) is 17.3 Å². The van der Waals surface area contributed by atoms with Gasteiger partial charge in [0, 0.05) is 18.6 Å². The SMILES string of the molecule is COc1ccccc1-c1noc(C2CN(C(=O)NC(C)(C)C)C2)n1. The Hall–Kier alpha value is -2.57. The predicted molar refractivity (Wildman–Crippen MR) is 88.9 cm³/mol. The average molecular weight is 330 g/mol. The van der Waals surface area contributed by atoms with E-state index in [1.54, 1.807) is 12.0 Å². The number of nitrogens with zero attached hydrogens (tertiary/aromatic N) is 3. The molecule has 3 rings (SSSR count). The highest BCUT2D eigenvalue weighted by molar-refractivity contribution is 5.76. The molecule has 0 radical (unpaired) electrons. The first-order chi connectivity index (χ1) is 11.4. The number of benzene rings is 1. The standard InChI is InChI=1S/C17H22N4O3/c1-17(2,3)19-16(22)21-9-11(10-21)15-18-14(20-24-15)12-7-5-6-8-13(12)23-4/h5-8,11H,9-10H2,1-4H3,(H,19,22). The van der Waals surface area contributed by atoms with Crippen molar-refractivity contribution in [1.82, 2.24) is 20.4 Å². The molecule has 2 aromatic rings. The fourth-order valence-electron chi connectivity index (χ4n) is 2.54. The molecule has 1 aromatic carbocycles. The smallest absolute Gasteiger partial charge is 0.317 e. The molecule has 0 bridgehead atoms. The van der Waals surface area contributed by atoms with Crippen molar-refractivity contribution in [2.24, 2.45) is 0 Å². The van der Waals surface area contributed by atoms with Gasteiger partial charge in [0.05, 0.1) is 18.6 Å². The highest BCUT2D eigenvalue weighted by Crippen LogP contribution is 2.31. The van der Waals surface area contributed by atoms with E-state index in [4.69, 9.17) is 9.26 Å². The van der Waals surface area contributed by atoms with Crippen LogP contribution in [0, 0.1) is 0 Å². The van der Waals surface area contributed by atoms with E-state index in [1.165, 1.54) is 0 Å². The number of likely N-dealkylation sites (tertiary alicyclic amines) is 1. The van der Waals surface area contributed by atoms with Gasteiger partial charge in [-0.3, -0.25) is 0 Å². The van der Waals surface area contributed by atoms with Crippen LogP contribution in [0.4, 0.5) is 4.79 Å². The third-order valence-electron chi connectivity index (χ3n) is 3.79. The van der Waals surface area contributed by atoms with E-state index in [9.17, 15) is 4.79 Å².